The number of para-hydroxylation sites is 1. The Morgan fingerprint density at radius 1 is 1.00 bits per heavy atom. The second-order valence-electron chi connectivity index (χ2n) is 6.24. The zero-order chi connectivity index (χ0) is 17.4. The summed E-state index contributed by atoms with van der Waals surface area (Å²) in [5.41, 5.74) is 1.72. The minimum absolute atomic E-state index is 0.162. The number of fused-ring (bicyclic) bond motifs is 2. The van der Waals surface area contributed by atoms with Gasteiger partial charge in [0.1, 0.15) is 6.61 Å². The number of benzene rings is 3. The van der Waals surface area contributed by atoms with Crippen molar-refractivity contribution < 1.29 is 19.0 Å². The molecule has 1 heterocycles. The molecule has 4 rings (SSSR count). The second kappa shape index (κ2) is 5.81. The predicted molar refractivity (Wildman–Crippen MR) is 94.5 cm³/mol. The van der Waals surface area contributed by atoms with E-state index in [1.54, 1.807) is 0 Å². The first-order valence-electron chi connectivity index (χ1n) is 8.18. The van der Waals surface area contributed by atoms with Gasteiger partial charge in [0.2, 0.25) is 0 Å². The highest BCUT2D eigenvalue weighted by atomic mass is 16.7. The second-order valence-corrected chi connectivity index (χ2v) is 6.24. The quantitative estimate of drug-likeness (QED) is 0.659. The van der Waals surface area contributed by atoms with E-state index in [2.05, 4.69) is 24.3 Å². The van der Waals surface area contributed by atoms with Crippen molar-refractivity contribution in [1.29, 1.82) is 0 Å². The molecule has 0 unspecified atom stereocenters. The van der Waals surface area contributed by atoms with E-state index in [-0.39, 0.29) is 12.6 Å². The molecule has 0 radical (unpaired) electrons. The number of hydrogen-bond donors (Lipinski definition) is 0. The van der Waals surface area contributed by atoms with Gasteiger partial charge >= 0.3 is 5.97 Å². The molecule has 0 fully saturated rings. The normalized spacial score (nSPS) is 18.3. The lowest BCUT2D eigenvalue weighted by Crippen LogP contribution is -2.31. The number of carbonyl (C=O) groups excluding carboxylic acids is 1. The van der Waals surface area contributed by atoms with Crippen LogP contribution in [-0.4, -0.2) is 5.97 Å². The number of rotatable bonds is 3. The van der Waals surface area contributed by atoms with Gasteiger partial charge in [0, 0.05) is 25.0 Å². The van der Waals surface area contributed by atoms with Gasteiger partial charge in [-0.1, -0.05) is 48.5 Å². The van der Waals surface area contributed by atoms with E-state index in [1.807, 2.05) is 43.3 Å². The highest BCUT2D eigenvalue weighted by Gasteiger charge is 2.40. The van der Waals surface area contributed by atoms with Crippen molar-refractivity contribution in [2.24, 2.45) is 0 Å². The maximum absolute atomic E-state index is 11.1. The average Bonchev–Trinajstić information content (AvgIpc) is 2.97. The molecular formula is C21H18O4. The van der Waals surface area contributed by atoms with E-state index in [0.29, 0.717) is 11.5 Å². The largest absolute Gasteiger partial charge is 0.461 e. The third-order valence-corrected chi connectivity index (χ3v) is 4.37. The van der Waals surface area contributed by atoms with E-state index in [1.165, 1.54) is 12.3 Å². The SMILES string of the molecule is CC(=O)OCc1cccc2c1O[C@@](C)(c1ccc3ccccc3c1)O2. The van der Waals surface area contributed by atoms with Crippen LogP contribution >= 0.6 is 0 Å². The highest BCUT2D eigenvalue weighted by Crippen LogP contribution is 2.46. The van der Waals surface area contributed by atoms with Crippen LogP contribution in [0.3, 0.4) is 0 Å². The Morgan fingerprint density at radius 2 is 1.80 bits per heavy atom. The molecule has 4 heteroatoms. The summed E-state index contributed by atoms with van der Waals surface area (Å²) in [7, 11) is 0. The van der Waals surface area contributed by atoms with Gasteiger partial charge in [0.25, 0.3) is 5.79 Å². The van der Waals surface area contributed by atoms with Crippen molar-refractivity contribution in [3.8, 4) is 11.5 Å². The molecule has 1 aliphatic heterocycles. The Kier molecular flexibility index (Phi) is 3.61. The Bertz CT molecular complexity index is 963. The molecule has 0 N–H and O–H groups in total. The highest BCUT2D eigenvalue weighted by molar-refractivity contribution is 5.83. The average molecular weight is 334 g/mol. The summed E-state index contributed by atoms with van der Waals surface area (Å²) in [5, 5.41) is 2.30. The Hall–Kier alpha value is -3.01. The zero-order valence-electron chi connectivity index (χ0n) is 14.1. The van der Waals surface area contributed by atoms with Crippen LogP contribution in [0.1, 0.15) is 25.0 Å². The van der Waals surface area contributed by atoms with E-state index in [9.17, 15) is 4.79 Å². The lowest BCUT2D eigenvalue weighted by Gasteiger charge is -2.24. The number of carbonyl (C=O) groups is 1. The van der Waals surface area contributed by atoms with Crippen LogP contribution in [0, 0.1) is 0 Å². The number of hydrogen-bond acceptors (Lipinski definition) is 4. The first-order chi connectivity index (χ1) is 12.0. The third-order valence-electron chi connectivity index (χ3n) is 4.37. The van der Waals surface area contributed by atoms with Crippen molar-refractivity contribution in [2.75, 3.05) is 0 Å². The molecule has 0 spiro atoms. The van der Waals surface area contributed by atoms with Crippen molar-refractivity contribution in [2.45, 2.75) is 26.2 Å². The molecule has 0 saturated carbocycles. The third kappa shape index (κ3) is 2.80. The van der Waals surface area contributed by atoms with Crippen molar-refractivity contribution >= 4 is 16.7 Å². The fourth-order valence-electron chi connectivity index (χ4n) is 3.07. The summed E-state index contributed by atoms with van der Waals surface area (Å²) in [4.78, 5) is 11.1. The molecule has 0 aliphatic carbocycles. The summed E-state index contributed by atoms with van der Waals surface area (Å²) in [5.74, 6) is 0.0344. The van der Waals surface area contributed by atoms with Gasteiger partial charge < -0.3 is 14.2 Å². The molecule has 1 atom stereocenters. The molecule has 0 amide bonds. The van der Waals surface area contributed by atoms with Crippen molar-refractivity contribution in [3.05, 3.63) is 71.8 Å². The van der Waals surface area contributed by atoms with Gasteiger partial charge in [-0.15, -0.1) is 0 Å². The first-order valence-corrected chi connectivity index (χ1v) is 8.18. The number of esters is 1. The minimum atomic E-state index is -0.918. The summed E-state index contributed by atoms with van der Waals surface area (Å²) in [6.07, 6.45) is 0. The summed E-state index contributed by atoms with van der Waals surface area (Å²) in [6, 6.07) is 19.9. The maximum atomic E-state index is 11.1. The molecule has 1 aliphatic rings. The van der Waals surface area contributed by atoms with Gasteiger partial charge in [-0.25, -0.2) is 0 Å². The van der Waals surface area contributed by atoms with Crippen molar-refractivity contribution in [3.63, 3.8) is 0 Å². The van der Waals surface area contributed by atoms with Crippen LogP contribution in [0.2, 0.25) is 0 Å². The summed E-state index contributed by atoms with van der Waals surface area (Å²) < 4.78 is 17.4. The molecular weight excluding hydrogens is 316 g/mol. The van der Waals surface area contributed by atoms with E-state index < -0.39 is 5.79 Å². The van der Waals surface area contributed by atoms with Crippen LogP contribution in [-0.2, 0) is 21.9 Å². The zero-order valence-corrected chi connectivity index (χ0v) is 14.1. The monoisotopic (exact) mass is 334 g/mol. The Labute approximate surface area is 145 Å². The lowest BCUT2D eigenvalue weighted by molar-refractivity contribution is -0.142. The molecule has 0 saturated heterocycles. The van der Waals surface area contributed by atoms with E-state index in [4.69, 9.17) is 14.2 Å². The van der Waals surface area contributed by atoms with Crippen molar-refractivity contribution in [1.82, 2.24) is 0 Å². The fourth-order valence-corrected chi connectivity index (χ4v) is 3.07. The van der Waals surface area contributed by atoms with Gasteiger partial charge in [0.15, 0.2) is 11.5 Å². The first kappa shape index (κ1) is 15.5. The van der Waals surface area contributed by atoms with E-state index >= 15 is 0 Å². The van der Waals surface area contributed by atoms with Gasteiger partial charge in [-0.05, 0) is 22.9 Å². The topological polar surface area (TPSA) is 44.8 Å². The molecule has 25 heavy (non-hydrogen) atoms. The van der Waals surface area contributed by atoms with Crippen LogP contribution in [0.5, 0.6) is 11.5 Å². The van der Waals surface area contributed by atoms with Crippen LogP contribution in [0.15, 0.2) is 60.7 Å². The standard InChI is InChI=1S/C21H18O4/c1-14(22)23-13-17-8-5-9-19-20(17)25-21(2,24-19)18-11-10-15-6-3-4-7-16(15)12-18/h3-12H,13H2,1-2H3/t21-/m0/s1. The Morgan fingerprint density at radius 3 is 2.60 bits per heavy atom. The van der Waals surface area contributed by atoms with Gasteiger partial charge in [-0.2, -0.15) is 0 Å². The fraction of sp³-hybridized carbons (Fsp3) is 0.190. The molecule has 3 aromatic rings. The van der Waals surface area contributed by atoms with Crippen LogP contribution in [0.25, 0.3) is 10.8 Å². The van der Waals surface area contributed by atoms with Crippen LogP contribution < -0.4 is 9.47 Å². The maximum Gasteiger partial charge on any atom is 0.302 e. The molecule has 126 valence electrons. The molecule has 0 bridgehead atoms. The smallest absolute Gasteiger partial charge is 0.302 e. The molecule has 4 nitrogen and oxygen atoms in total. The van der Waals surface area contributed by atoms with Gasteiger partial charge in [-0.3, -0.25) is 4.79 Å². The summed E-state index contributed by atoms with van der Waals surface area (Å²) in [6.45, 7) is 3.45. The number of ether oxygens (including phenoxy) is 3. The van der Waals surface area contributed by atoms with Gasteiger partial charge in [0.05, 0.1) is 0 Å². The predicted octanol–water partition coefficient (Wildman–Crippen LogP) is 4.55. The Balaban J connectivity index is 1.69. The van der Waals surface area contributed by atoms with E-state index in [0.717, 1.165) is 16.5 Å². The lowest BCUT2D eigenvalue weighted by atomic mass is 10.0. The molecule has 3 aromatic carbocycles. The molecule has 0 aromatic heterocycles. The summed E-state index contributed by atoms with van der Waals surface area (Å²) >= 11 is 0. The van der Waals surface area contributed by atoms with Crippen LogP contribution in [0.4, 0.5) is 0 Å². The minimum Gasteiger partial charge on any atom is -0.461 e.